The summed E-state index contributed by atoms with van der Waals surface area (Å²) < 4.78 is 0. The van der Waals surface area contributed by atoms with E-state index in [4.69, 9.17) is 23.2 Å². The van der Waals surface area contributed by atoms with Crippen LogP contribution in [0, 0.1) is 13.8 Å². The third kappa shape index (κ3) is 7.40. The molecule has 0 aliphatic heterocycles. The Morgan fingerprint density at radius 2 is 1.71 bits per heavy atom. The maximum Gasteiger partial charge on any atom is 0.243 e. The smallest absolute Gasteiger partial charge is 0.243 e. The number of halogens is 2. The maximum atomic E-state index is 13.5. The Morgan fingerprint density at radius 1 is 1.09 bits per heavy atom. The van der Waals surface area contributed by atoms with E-state index in [1.807, 2.05) is 6.92 Å². The lowest BCUT2D eigenvalue weighted by atomic mass is 10.1. The lowest BCUT2D eigenvalue weighted by Crippen LogP contribution is -2.51. The van der Waals surface area contributed by atoms with Gasteiger partial charge >= 0.3 is 0 Å². The molecule has 1 aliphatic carbocycles. The highest BCUT2D eigenvalue weighted by atomic mass is 35.5. The number of nitrogens with zero attached hydrogens (tertiary/aromatic N) is 1. The second kappa shape index (κ2) is 12.9. The summed E-state index contributed by atoms with van der Waals surface area (Å²) in [6, 6.07) is 11.4. The molecule has 7 heteroatoms. The van der Waals surface area contributed by atoms with Crippen molar-refractivity contribution in [3.8, 4) is 0 Å². The number of carbonyl (C=O) groups is 2. The first-order chi connectivity index (χ1) is 16.3. The molecule has 1 fully saturated rings. The molecule has 0 heterocycles. The third-order valence-electron chi connectivity index (χ3n) is 6.25. The van der Waals surface area contributed by atoms with Crippen LogP contribution in [0.25, 0.3) is 0 Å². The van der Waals surface area contributed by atoms with Crippen LogP contribution < -0.4 is 5.32 Å². The van der Waals surface area contributed by atoms with Gasteiger partial charge in [-0.25, -0.2) is 0 Å². The van der Waals surface area contributed by atoms with E-state index in [-0.39, 0.29) is 30.2 Å². The molecular weight excluding hydrogens is 487 g/mol. The molecule has 0 bridgehead atoms. The summed E-state index contributed by atoms with van der Waals surface area (Å²) in [5, 5.41) is 4.17. The predicted molar refractivity (Wildman–Crippen MR) is 144 cm³/mol. The lowest BCUT2D eigenvalue weighted by molar-refractivity contribution is -0.139. The van der Waals surface area contributed by atoms with Crippen molar-refractivity contribution in [3.05, 3.63) is 68.7 Å². The van der Waals surface area contributed by atoms with Crippen LogP contribution in [0.4, 0.5) is 0 Å². The van der Waals surface area contributed by atoms with Crippen LogP contribution >= 0.6 is 35.0 Å². The maximum absolute atomic E-state index is 13.5. The first-order valence-electron chi connectivity index (χ1n) is 12.0. The molecule has 0 aromatic heterocycles. The number of hydrogen-bond donors (Lipinski definition) is 1. The molecule has 0 saturated heterocycles. The molecule has 1 saturated carbocycles. The summed E-state index contributed by atoms with van der Waals surface area (Å²) in [5.41, 5.74) is 4.30. The van der Waals surface area contributed by atoms with E-state index in [1.165, 1.54) is 16.7 Å². The SMILES string of the molecule is CCC(C(=O)NC1CCCC1)N(Cc1c(Cl)cccc1Cl)C(=O)CSCc1cc(C)cc(C)c1. The molecule has 2 aromatic rings. The number of benzene rings is 2. The number of amides is 2. The van der Waals surface area contributed by atoms with E-state index in [1.54, 1.807) is 34.9 Å². The van der Waals surface area contributed by atoms with Crippen molar-refractivity contribution in [1.82, 2.24) is 10.2 Å². The number of nitrogens with one attached hydrogen (secondary N) is 1. The fraction of sp³-hybridized carbons (Fsp3) is 0.481. The van der Waals surface area contributed by atoms with E-state index in [0.29, 0.717) is 22.0 Å². The standard InChI is InChI=1S/C27H34Cl2N2O2S/c1-4-25(27(33)30-21-8-5-6-9-21)31(15-22-23(28)10-7-11-24(22)29)26(32)17-34-16-20-13-18(2)12-19(3)14-20/h7,10-14,21,25H,4-6,8-9,15-17H2,1-3H3,(H,30,33). The fourth-order valence-electron chi connectivity index (χ4n) is 4.63. The Morgan fingerprint density at radius 3 is 2.29 bits per heavy atom. The van der Waals surface area contributed by atoms with E-state index in [9.17, 15) is 9.59 Å². The van der Waals surface area contributed by atoms with Crippen LogP contribution in [-0.4, -0.2) is 34.6 Å². The van der Waals surface area contributed by atoms with Crippen LogP contribution in [0.5, 0.6) is 0 Å². The molecule has 0 radical (unpaired) electrons. The number of thioether (sulfide) groups is 1. The minimum absolute atomic E-state index is 0.0845. The number of rotatable bonds is 10. The molecule has 2 amide bonds. The first-order valence-corrected chi connectivity index (χ1v) is 13.9. The quantitative estimate of drug-likeness (QED) is 0.378. The molecule has 0 spiro atoms. The zero-order valence-corrected chi connectivity index (χ0v) is 22.5. The molecule has 184 valence electrons. The summed E-state index contributed by atoms with van der Waals surface area (Å²) >= 11 is 14.4. The van der Waals surface area contributed by atoms with Gasteiger partial charge in [0.25, 0.3) is 0 Å². The summed E-state index contributed by atoms with van der Waals surface area (Å²) in [4.78, 5) is 28.4. The van der Waals surface area contributed by atoms with Gasteiger partial charge in [-0.1, -0.05) is 78.4 Å². The second-order valence-corrected chi connectivity index (χ2v) is 10.9. The van der Waals surface area contributed by atoms with Gasteiger partial charge < -0.3 is 10.2 Å². The highest BCUT2D eigenvalue weighted by molar-refractivity contribution is 7.99. The zero-order chi connectivity index (χ0) is 24.7. The molecule has 2 aromatic carbocycles. The van der Waals surface area contributed by atoms with Crippen molar-refractivity contribution in [2.45, 2.75) is 77.3 Å². The Balaban J connectivity index is 1.76. The van der Waals surface area contributed by atoms with E-state index in [2.05, 4.69) is 37.4 Å². The van der Waals surface area contributed by atoms with E-state index < -0.39 is 6.04 Å². The van der Waals surface area contributed by atoms with Crippen LogP contribution in [0.15, 0.2) is 36.4 Å². The topological polar surface area (TPSA) is 49.4 Å². The highest BCUT2D eigenvalue weighted by Crippen LogP contribution is 2.28. The molecule has 1 aliphatic rings. The van der Waals surface area contributed by atoms with Gasteiger partial charge in [0.2, 0.25) is 11.8 Å². The Kier molecular flexibility index (Phi) is 10.2. The molecule has 3 rings (SSSR count). The fourth-order valence-corrected chi connectivity index (χ4v) is 5.99. The molecule has 1 N–H and O–H groups in total. The predicted octanol–water partition coefficient (Wildman–Crippen LogP) is 6.71. The van der Waals surface area contributed by atoms with Gasteiger partial charge in [0.1, 0.15) is 6.04 Å². The number of aryl methyl sites for hydroxylation is 2. The Hall–Kier alpha value is -1.69. The van der Waals surface area contributed by atoms with E-state index >= 15 is 0 Å². The average Bonchev–Trinajstić information content (AvgIpc) is 3.27. The second-order valence-electron chi connectivity index (χ2n) is 9.12. The van der Waals surface area contributed by atoms with Crippen molar-refractivity contribution in [1.29, 1.82) is 0 Å². The van der Waals surface area contributed by atoms with Gasteiger partial charge in [0.15, 0.2) is 0 Å². The van der Waals surface area contributed by atoms with Gasteiger partial charge in [-0.2, -0.15) is 0 Å². The minimum atomic E-state index is -0.567. The summed E-state index contributed by atoms with van der Waals surface area (Å²) in [6.45, 7) is 6.31. The van der Waals surface area contributed by atoms with Crippen LogP contribution in [0.2, 0.25) is 10.0 Å². The highest BCUT2D eigenvalue weighted by Gasteiger charge is 2.31. The third-order valence-corrected chi connectivity index (χ3v) is 7.95. The molecule has 1 unspecified atom stereocenters. The van der Waals surface area contributed by atoms with Gasteiger partial charge in [-0.05, 0) is 50.8 Å². The van der Waals surface area contributed by atoms with Gasteiger partial charge in [-0.3, -0.25) is 9.59 Å². The van der Waals surface area contributed by atoms with Crippen molar-refractivity contribution in [3.63, 3.8) is 0 Å². The summed E-state index contributed by atoms with van der Waals surface area (Å²) in [6.07, 6.45) is 4.79. The number of hydrogen-bond acceptors (Lipinski definition) is 3. The van der Waals surface area contributed by atoms with Gasteiger partial charge in [0.05, 0.1) is 5.75 Å². The Bertz CT molecular complexity index is 968. The first kappa shape index (κ1) is 26.9. The monoisotopic (exact) mass is 520 g/mol. The largest absolute Gasteiger partial charge is 0.352 e. The van der Waals surface area contributed by atoms with Gasteiger partial charge in [0, 0.05) is 33.9 Å². The van der Waals surface area contributed by atoms with E-state index in [0.717, 1.165) is 31.4 Å². The van der Waals surface area contributed by atoms with Crippen LogP contribution in [0.1, 0.15) is 61.3 Å². The molecular formula is C27H34Cl2N2O2S. The van der Waals surface area contributed by atoms with Gasteiger partial charge in [-0.15, -0.1) is 11.8 Å². The van der Waals surface area contributed by atoms with Crippen molar-refractivity contribution in [2.24, 2.45) is 0 Å². The van der Waals surface area contributed by atoms with Crippen molar-refractivity contribution >= 4 is 46.8 Å². The summed E-state index contributed by atoms with van der Waals surface area (Å²) in [7, 11) is 0. The minimum Gasteiger partial charge on any atom is -0.352 e. The number of carbonyl (C=O) groups excluding carboxylic acids is 2. The lowest BCUT2D eigenvalue weighted by Gasteiger charge is -2.32. The Labute approximate surface area is 217 Å². The molecule has 1 atom stereocenters. The normalized spacial score (nSPS) is 14.7. The van der Waals surface area contributed by atoms with Crippen molar-refractivity contribution in [2.75, 3.05) is 5.75 Å². The van der Waals surface area contributed by atoms with Crippen LogP contribution in [-0.2, 0) is 21.9 Å². The summed E-state index contributed by atoms with van der Waals surface area (Å²) in [5.74, 6) is 0.839. The molecule has 4 nitrogen and oxygen atoms in total. The average molecular weight is 522 g/mol. The van der Waals surface area contributed by atoms with Crippen molar-refractivity contribution < 1.29 is 9.59 Å². The van der Waals surface area contributed by atoms with Crippen LogP contribution in [0.3, 0.4) is 0 Å². The molecule has 34 heavy (non-hydrogen) atoms. The zero-order valence-electron chi connectivity index (χ0n) is 20.2.